The van der Waals surface area contributed by atoms with Gasteiger partial charge in [0.15, 0.2) is 6.29 Å². The van der Waals surface area contributed by atoms with Crippen LogP contribution in [0.15, 0.2) is 0 Å². The zero-order valence-corrected chi connectivity index (χ0v) is 14.4. The molecule has 8 N–H and O–H groups in total. The predicted octanol–water partition coefficient (Wildman–Crippen LogP) is -2.64. The second-order valence-electron chi connectivity index (χ2n) is 4.47. The number of aliphatic hydroxyl groups is 1. The number of aliphatic hydroxyl groups excluding tert-OH is 1. The Morgan fingerprint density at radius 2 is 1.52 bits per heavy atom. The third kappa shape index (κ3) is 25.5. The maximum Gasteiger partial charge on any atom is 0.372 e. The number of carbonyl (C=O) groups is 6. The summed E-state index contributed by atoms with van der Waals surface area (Å²) in [5, 5.41) is 32.1. The number of nitrogens with two attached hydrogens (primary N) is 2. The van der Waals surface area contributed by atoms with Gasteiger partial charge in [-0.1, -0.05) is 0 Å². The molecule has 0 aliphatic carbocycles. The minimum Gasteiger partial charge on any atom is -0.481 e. The van der Waals surface area contributed by atoms with Crippen molar-refractivity contribution < 1.29 is 53.9 Å². The average molecular weight is 396 g/mol. The van der Waals surface area contributed by atoms with Crippen molar-refractivity contribution in [1.82, 2.24) is 0 Å². The second-order valence-corrected chi connectivity index (χ2v) is 4.47. The first-order valence-corrected chi connectivity index (χ1v) is 7.39. The molecule has 0 amide bonds. The Hall–Kier alpha value is -2.90. The summed E-state index contributed by atoms with van der Waals surface area (Å²) in [7, 11) is 0. The number of esters is 1. The highest BCUT2D eigenvalue weighted by Crippen LogP contribution is 1.94. The van der Waals surface area contributed by atoms with E-state index in [1.165, 1.54) is 0 Å². The molecule has 0 saturated heterocycles. The van der Waals surface area contributed by atoms with Gasteiger partial charge in [0.1, 0.15) is 12.6 Å². The van der Waals surface area contributed by atoms with Gasteiger partial charge in [-0.25, -0.2) is 4.79 Å². The molecule has 156 valence electrons. The molecule has 0 fully saturated rings. The minimum absolute atomic E-state index is 0.0231. The summed E-state index contributed by atoms with van der Waals surface area (Å²) in [6.07, 6.45) is -0.568. The lowest BCUT2D eigenvalue weighted by molar-refractivity contribution is -0.151. The van der Waals surface area contributed by atoms with Crippen LogP contribution in [0.25, 0.3) is 0 Å². The molecule has 0 aromatic rings. The van der Waals surface area contributed by atoms with Gasteiger partial charge in [0.25, 0.3) is 0 Å². The van der Waals surface area contributed by atoms with Crippen LogP contribution in [0.4, 0.5) is 0 Å². The zero-order chi connectivity index (χ0) is 21.8. The lowest BCUT2D eigenvalue weighted by Crippen LogP contribution is -2.30. The summed E-state index contributed by atoms with van der Waals surface area (Å²) in [6.45, 7) is 0.0973. The molecular weight excluding hydrogens is 372 g/mol. The van der Waals surface area contributed by atoms with Gasteiger partial charge in [-0.2, -0.15) is 0 Å². The Labute approximate surface area is 153 Å². The van der Waals surface area contributed by atoms with E-state index < -0.39 is 42.1 Å². The quantitative estimate of drug-likeness (QED) is 0.119. The number of aliphatic carboxylic acids is 3. The van der Waals surface area contributed by atoms with Crippen LogP contribution < -0.4 is 11.5 Å². The Balaban J connectivity index is -0.000000364. The Kier molecular flexibility index (Phi) is 20.8. The number of ether oxygens (including phenoxy) is 1. The molecule has 1 atom stereocenters. The van der Waals surface area contributed by atoms with Crippen LogP contribution in [-0.2, 0) is 33.5 Å². The maximum atomic E-state index is 10.6. The maximum absolute atomic E-state index is 10.6. The van der Waals surface area contributed by atoms with Crippen LogP contribution in [0.5, 0.6) is 0 Å². The summed E-state index contributed by atoms with van der Waals surface area (Å²) >= 11 is 0. The largest absolute Gasteiger partial charge is 0.481 e. The van der Waals surface area contributed by atoms with Crippen LogP contribution >= 0.6 is 0 Å². The van der Waals surface area contributed by atoms with Crippen molar-refractivity contribution in [2.75, 3.05) is 19.8 Å². The SMILES string of the molecule is NCCO.N[C@@H](CCC(=O)O)C(=O)O.O=CCOC(=O)CCC(=O)C(=O)O. The lowest BCUT2D eigenvalue weighted by atomic mass is 10.2. The van der Waals surface area contributed by atoms with Gasteiger partial charge >= 0.3 is 23.9 Å². The van der Waals surface area contributed by atoms with Crippen LogP contribution in [0.1, 0.15) is 25.7 Å². The van der Waals surface area contributed by atoms with Crippen LogP contribution in [0.3, 0.4) is 0 Å². The van der Waals surface area contributed by atoms with Gasteiger partial charge in [0.05, 0.1) is 13.0 Å². The molecule has 0 spiro atoms. The monoisotopic (exact) mass is 396 g/mol. The van der Waals surface area contributed by atoms with Crippen molar-refractivity contribution in [3.05, 3.63) is 0 Å². The summed E-state index contributed by atoms with van der Waals surface area (Å²) in [5.41, 5.74) is 9.78. The van der Waals surface area contributed by atoms with E-state index >= 15 is 0 Å². The molecule has 13 nitrogen and oxygen atoms in total. The summed E-state index contributed by atoms with van der Waals surface area (Å²) in [4.78, 5) is 60.6. The first kappa shape index (κ1) is 28.9. The highest BCUT2D eigenvalue weighted by molar-refractivity contribution is 6.32. The van der Waals surface area contributed by atoms with E-state index in [4.69, 9.17) is 31.9 Å². The number of aldehydes is 1. The molecule has 27 heavy (non-hydrogen) atoms. The number of ketones is 1. The number of hydrogen-bond donors (Lipinski definition) is 6. The Morgan fingerprint density at radius 1 is 1.00 bits per heavy atom. The van der Waals surface area contributed by atoms with Gasteiger partial charge in [-0.05, 0) is 6.42 Å². The van der Waals surface area contributed by atoms with E-state index in [1.807, 2.05) is 0 Å². The van der Waals surface area contributed by atoms with E-state index in [0.29, 0.717) is 12.8 Å². The zero-order valence-electron chi connectivity index (χ0n) is 14.4. The van der Waals surface area contributed by atoms with Gasteiger partial charge in [0, 0.05) is 19.4 Å². The van der Waals surface area contributed by atoms with E-state index in [-0.39, 0.29) is 32.5 Å². The van der Waals surface area contributed by atoms with Gasteiger partial charge in [-0.3, -0.25) is 24.0 Å². The fourth-order valence-corrected chi connectivity index (χ4v) is 0.924. The summed E-state index contributed by atoms with van der Waals surface area (Å²) in [5.74, 6) is -5.59. The van der Waals surface area contributed by atoms with Crippen molar-refractivity contribution in [2.45, 2.75) is 31.7 Å². The van der Waals surface area contributed by atoms with Crippen LogP contribution in [-0.4, -0.2) is 82.2 Å². The number of carbonyl (C=O) groups excluding carboxylic acids is 3. The van der Waals surface area contributed by atoms with Gasteiger partial charge in [0.2, 0.25) is 5.78 Å². The number of hydrogen-bond acceptors (Lipinski definition) is 10. The fraction of sp³-hybridized carbons (Fsp3) is 0.571. The van der Waals surface area contributed by atoms with E-state index in [9.17, 15) is 28.8 Å². The Bertz CT molecular complexity index is 491. The molecule has 0 saturated carbocycles. The normalized spacial score (nSPS) is 10.0. The molecule has 0 rings (SSSR count). The topological polar surface area (TPSA) is 245 Å². The van der Waals surface area contributed by atoms with E-state index in [2.05, 4.69) is 4.74 Å². The van der Waals surface area contributed by atoms with Crippen molar-refractivity contribution >= 4 is 35.9 Å². The smallest absolute Gasteiger partial charge is 0.372 e. The number of Topliss-reactive ketones (excluding diaryl/α,β-unsaturated/α-hetero) is 1. The highest BCUT2D eigenvalue weighted by atomic mass is 16.5. The highest BCUT2D eigenvalue weighted by Gasteiger charge is 2.14. The average Bonchev–Trinajstić information content (AvgIpc) is 2.62. The van der Waals surface area contributed by atoms with Crippen molar-refractivity contribution in [3.63, 3.8) is 0 Å². The molecule has 0 unspecified atom stereocenters. The molecule has 13 heteroatoms. The molecule has 0 heterocycles. The van der Waals surface area contributed by atoms with Crippen LogP contribution in [0, 0.1) is 0 Å². The predicted molar refractivity (Wildman–Crippen MR) is 87.5 cm³/mol. The second kappa shape index (κ2) is 19.4. The van der Waals surface area contributed by atoms with Crippen molar-refractivity contribution in [2.24, 2.45) is 11.5 Å². The van der Waals surface area contributed by atoms with Gasteiger partial charge in [-0.15, -0.1) is 0 Å². The van der Waals surface area contributed by atoms with Crippen molar-refractivity contribution in [3.8, 4) is 0 Å². The molecular formula is C14H24N2O11. The van der Waals surface area contributed by atoms with Gasteiger partial charge < -0.3 is 36.6 Å². The van der Waals surface area contributed by atoms with E-state index in [0.717, 1.165) is 0 Å². The first-order valence-electron chi connectivity index (χ1n) is 7.39. The molecule has 0 aromatic heterocycles. The fourth-order valence-electron chi connectivity index (χ4n) is 0.924. The summed E-state index contributed by atoms with van der Waals surface area (Å²) in [6, 6.07) is -1.06. The molecule has 0 aromatic carbocycles. The standard InChI is InChI=1S/C7H8O6.C5H9NO4.C2H7NO/c8-3-4-13-6(10)2-1-5(9)7(11)12;6-3(5(9)10)1-2-4(7)8;3-1-2-4/h3H,1-2,4H2,(H,11,12);3H,1-2,6H2,(H,7,8)(H,9,10);4H,1-3H2/t;3-;/m.0./s1. The van der Waals surface area contributed by atoms with Crippen LogP contribution in [0.2, 0.25) is 0 Å². The number of rotatable bonds is 11. The minimum atomic E-state index is -1.58. The summed E-state index contributed by atoms with van der Waals surface area (Å²) < 4.78 is 4.27. The Morgan fingerprint density at radius 3 is 1.85 bits per heavy atom. The molecule has 0 aliphatic rings. The third-order valence-electron chi connectivity index (χ3n) is 2.22. The lowest BCUT2D eigenvalue weighted by Gasteiger charge is -2.01. The molecule has 0 aliphatic heterocycles. The number of carboxylic acids is 3. The van der Waals surface area contributed by atoms with Crippen molar-refractivity contribution in [1.29, 1.82) is 0 Å². The van der Waals surface area contributed by atoms with E-state index in [1.54, 1.807) is 0 Å². The number of carboxylic acid groups (broad SMARTS) is 3. The third-order valence-corrected chi connectivity index (χ3v) is 2.22. The molecule has 0 radical (unpaired) electrons. The molecule has 0 bridgehead atoms. The first-order chi connectivity index (χ1) is 12.5.